The number of carboxylic acid groups (broad SMARTS) is 1. The number of aryl methyl sites for hydroxylation is 1. The van der Waals surface area contributed by atoms with Crippen molar-refractivity contribution in [2.75, 3.05) is 13.1 Å². The van der Waals surface area contributed by atoms with E-state index in [-0.39, 0.29) is 5.91 Å². The number of hydrogen-bond acceptors (Lipinski definition) is 4. The standard InChI is InChI=1S/C19H24N4O.C2HF3O2/c1-21-13-16(12-20-21)14-22-9-7-18-17(22)8-10-23(18)19(24)11-15-5-3-2-4-6-15;3-2(4,5)1(6)7/h2-6,12-13,17-18H,7-11,14H2,1H3;(H,6,7)/t17-,18+;/m0./s1. The molecule has 0 saturated carbocycles. The summed E-state index contributed by atoms with van der Waals surface area (Å²) in [6.45, 7) is 2.90. The number of carbonyl (C=O) groups excluding carboxylic acids is 1. The molecular formula is C21H25F3N4O3. The molecule has 0 bridgehead atoms. The fourth-order valence-corrected chi connectivity index (χ4v) is 4.24. The van der Waals surface area contributed by atoms with Gasteiger partial charge in [0.25, 0.3) is 0 Å². The first-order valence-electron chi connectivity index (χ1n) is 10.00. The SMILES string of the molecule is Cn1cc(CN2CC[C@@H]3[C@@H]2CCN3C(=O)Cc2ccccc2)cn1.O=C(O)C(F)(F)F. The van der Waals surface area contributed by atoms with Gasteiger partial charge in [0.1, 0.15) is 0 Å². The number of halogens is 3. The Morgan fingerprint density at radius 3 is 2.32 bits per heavy atom. The number of benzene rings is 1. The number of carbonyl (C=O) groups is 2. The van der Waals surface area contributed by atoms with E-state index in [4.69, 9.17) is 9.90 Å². The molecule has 0 radical (unpaired) electrons. The second-order valence-corrected chi connectivity index (χ2v) is 7.76. The summed E-state index contributed by atoms with van der Waals surface area (Å²) in [6, 6.07) is 11.0. The van der Waals surface area contributed by atoms with Gasteiger partial charge >= 0.3 is 12.1 Å². The van der Waals surface area contributed by atoms with Crippen molar-refractivity contribution in [2.24, 2.45) is 7.05 Å². The number of aromatic nitrogens is 2. The second-order valence-electron chi connectivity index (χ2n) is 7.76. The van der Waals surface area contributed by atoms with Crippen molar-refractivity contribution in [1.29, 1.82) is 0 Å². The summed E-state index contributed by atoms with van der Waals surface area (Å²) in [4.78, 5) is 26.3. The van der Waals surface area contributed by atoms with Crippen LogP contribution in [-0.4, -0.2) is 67.9 Å². The van der Waals surface area contributed by atoms with E-state index in [1.54, 1.807) is 0 Å². The first-order chi connectivity index (χ1) is 14.6. The van der Waals surface area contributed by atoms with E-state index >= 15 is 0 Å². The zero-order valence-electron chi connectivity index (χ0n) is 17.1. The lowest BCUT2D eigenvalue weighted by atomic mass is 10.1. The number of rotatable bonds is 4. The van der Waals surface area contributed by atoms with Gasteiger partial charge in [-0.25, -0.2) is 4.79 Å². The molecule has 2 atom stereocenters. The van der Waals surface area contributed by atoms with Crippen molar-refractivity contribution in [2.45, 2.75) is 44.1 Å². The summed E-state index contributed by atoms with van der Waals surface area (Å²) in [5.74, 6) is -2.48. The van der Waals surface area contributed by atoms with Gasteiger partial charge in [0.2, 0.25) is 5.91 Å². The molecule has 2 aromatic rings. The second kappa shape index (κ2) is 9.51. The fourth-order valence-electron chi connectivity index (χ4n) is 4.24. The molecule has 2 aliphatic heterocycles. The van der Waals surface area contributed by atoms with Crippen molar-refractivity contribution in [3.05, 3.63) is 53.9 Å². The number of amides is 1. The third-order valence-corrected chi connectivity index (χ3v) is 5.60. The molecule has 1 aromatic carbocycles. The molecule has 10 heteroatoms. The number of nitrogens with zero attached hydrogens (tertiary/aromatic N) is 4. The smallest absolute Gasteiger partial charge is 0.475 e. The predicted octanol–water partition coefficient (Wildman–Crippen LogP) is 2.47. The molecule has 3 heterocycles. The average Bonchev–Trinajstić information content (AvgIpc) is 3.40. The third kappa shape index (κ3) is 5.84. The topological polar surface area (TPSA) is 78.7 Å². The maximum absolute atomic E-state index is 12.7. The molecule has 2 saturated heterocycles. The Morgan fingerprint density at radius 1 is 1.10 bits per heavy atom. The minimum absolute atomic E-state index is 0.275. The van der Waals surface area contributed by atoms with Gasteiger partial charge in [-0.15, -0.1) is 0 Å². The van der Waals surface area contributed by atoms with Gasteiger partial charge in [-0.05, 0) is 18.4 Å². The van der Waals surface area contributed by atoms with Crippen molar-refractivity contribution in [3.8, 4) is 0 Å². The van der Waals surface area contributed by atoms with Crippen LogP contribution in [0.3, 0.4) is 0 Å². The van der Waals surface area contributed by atoms with Crippen LogP contribution >= 0.6 is 0 Å². The Balaban J connectivity index is 0.000000339. The van der Waals surface area contributed by atoms with E-state index in [1.165, 1.54) is 5.56 Å². The molecule has 1 amide bonds. The van der Waals surface area contributed by atoms with Gasteiger partial charge in [0.05, 0.1) is 12.6 Å². The van der Waals surface area contributed by atoms with Crippen LogP contribution in [0.1, 0.15) is 24.0 Å². The quantitative estimate of drug-likeness (QED) is 0.794. The van der Waals surface area contributed by atoms with Crippen molar-refractivity contribution < 1.29 is 27.9 Å². The molecule has 2 aliphatic rings. The van der Waals surface area contributed by atoms with E-state index < -0.39 is 12.1 Å². The van der Waals surface area contributed by atoms with Crippen LogP contribution in [0.4, 0.5) is 13.2 Å². The number of hydrogen-bond donors (Lipinski definition) is 1. The molecule has 0 aliphatic carbocycles. The average molecular weight is 438 g/mol. The Morgan fingerprint density at radius 2 is 1.74 bits per heavy atom. The summed E-state index contributed by atoms with van der Waals surface area (Å²) in [7, 11) is 1.95. The first-order valence-corrected chi connectivity index (χ1v) is 10.00. The molecule has 2 fully saturated rings. The van der Waals surface area contributed by atoms with Crippen LogP contribution in [0.15, 0.2) is 42.7 Å². The summed E-state index contributed by atoms with van der Waals surface area (Å²) in [5.41, 5.74) is 2.36. The number of fused-ring (bicyclic) bond motifs is 1. The molecule has 0 spiro atoms. The summed E-state index contributed by atoms with van der Waals surface area (Å²) >= 11 is 0. The van der Waals surface area contributed by atoms with Crippen LogP contribution in [0.25, 0.3) is 0 Å². The Bertz CT molecular complexity index is 901. The van der Waals surface area contributed by atoms with Gasteiger partial charge in [-0.3, -0.25) is 14.4 Å². The zero-order valence-corrected chi connectivity index (χ0v) is 17.1. The van der Waals surface area contributed by atoms with Crippen molar-refractivity contribution in [3.63, 3.8) is 0 Å². The molecule has 1 aromatic heterocycles. The minimum Gasteiger partial charge on any atom is -0.475 e. The molecular weight excluding hydrogens is 413 g/mol. The van der Waals surface area contributed by atoms with E-state index in [0.717, 1.165) is 38.0 Å². The van der Waals surface area contributed by atoms with E-state index in [0.29, 0.717) is 18.5 Å². The highest BCUT2D eigenvalue weighted by molar-refractivity contribution is 5.79. The maximum atomic E-state index is 12.7. The Kier molecular flexibility index (Phi) is 6.99. The molecule has 4 rings (SSSR count). The van der Waals surface area contributed by atoms with Crippen molar-refractivity contribution in [1.82, 2.24) is 19.6 Å². The van der Waals surface area contributed by atoms with Gasteiger partial charge in [0.15, 0.2) is 0 Å². The summed E-state index contributed by atoms with van der Waals surface area (Å²) < 4.78 is 33.6. The van der Waals surface area contributed by atoms with E-state index in [9.17, 15) is 18.0 Å². The van der Waals surface area contributed by atoms with Crippen LogP contribution in [-0.2, 0) is 29.6 Å². The van der Waals surface area contributed by atoms with E-state index in [2.05, 4.69) is 21.1 Å². The largest absolute Gasteiger partial charge is 0.490 e. The number of carboxylic acids is 1. The van der Waals surface area contributed by atoms with Crippen LogP contribution in [0.5, 0.6) is 0 Å². The highest BCUT2D eigenvalue weighted by atomic mass is 19.4. The van der Waals surface area contributed by atoms with Crippen LogP contribution in [0, 0.1) is 0 Å². The minimum atomic E-state index is -5.08. The van der Waals surface area contributed by atoms with Gasteiger partial charge in [-0.2, -0.15) is 18.3 Å². The molecule has 31 heavy (non-hydrogen) atoms. The van der Waals surface area contributed by atoms with Crippen LogP contribution in [0.2, 0.25) is 0 Å². The molecule has 0 unspecified atom stereocenters. The number of likely N-dealkylation sites (tertiary alicyclic amines) is 2. The molecule has 1 N–H and O–H groups in total. The highest BCUT2D eigenvalue weighted by Crippen LogP contribution is 2.33. The summed E-state index contributed by atoms with van der Waals surface area (Å²) in [5, 5.41) is 11.4. The number of aliphatic carboxylic acids is 1. The molecule has 168 valence electrons. The lowest BCUT2D eigenvalue weighted by Gasteiger charge is -2.25. The fraction of sp³-hybridized carbons (Fsp3) is 0.476. The number of alkyl halides is 3. The first kappa shape index (κ1) is 22.8. The van der Waals surface area contributed by atoms with E-state index in [1.807, 2.05) is 48.3 Å². The normalized spacial score (nSPS) is 20.8. The van der Waals surface area contributed by atoms with Gasteiger partial charge in [-0.1, -0.05) is 30.3 Å². The van der Waals surface area contributed by atoms with Gasteiger partial charge < -0.3 is 10.0 Å². The van der Waals surface area contributed by atoms with Gasteiger partial charge in [0, 0.05) is 50.5 Å². The summed E-state index contributed by atoms with van der Waals surface area (Å²) in [6.07, 6.45) is 1.64. The van der Waals surface area contributed by atoms with Crippen molar-refractivity contribution >= 4 is 11.9 Å². The zero-order chi connectivity index (χ0) is 22.6. The lowest BCUT2D eigenvalue weighted by molar-refractivity contribution is -0.192. The molecule has 7 nitrogen and oxygen atoms in total. The predicted molar refractivity (Wildman–Crippen MR) is 106 cm³/mol. The van der Waals surface area contributed by atoms with Crippen LogP contribution < -0.4 is 0 Å². The lowest BCUT2D eigenvalue weighted by Crippen LogP contribution is -2.40. The monoisotopic (exact) mass is 438 g/mol. The highest BCUT2D eigenvalue weighted by Gasteiger charge is 2.44. The third-order valence-electron chi connectivity index (χ3n) is 5.60. The Labute approximate surface area is 178 Å². The Hall–Kier alpha value is -2.88. The maximum Gasteiger partial charge on any atom is 0.490 e.